The molecule has 0 aliphatic rings. The molecular formula is C20H23N3O4. The van der Waals surface area contributed by atoms with Crippen molar-refractivity contribution < 1.29 is 19.1 Å². The number of rotatable bonds is 8. The van der Waals surface area contributed by atoms with Gasteiger partial charge in [-0.3, -0.25) is 14.4 Å². The van der Waals surface area contributed by atoms with Crippen LogP contribution in [0.15, 0.2) is 48.5 Å². The first-order chi connectivity index (χ1) is 12.8. The average molecular weight is 369 g/mol. The second-order valence-corrected chi connectivity index (χ2v) is 6.14. The van der Waals surface area contributed by atoms with E-state index in [-0.39, 0.29) is 18.4 Å². The van der Waals surface area contributed by atoms with Crippen molar-refractivity contribution in [3.63, 3.8) is 0 Å². The zero-order valence-electron chi connectivity index (χ0n) is 15.3. The van der Waals surface area contributed by atoms with Crippen molar-refractivity contribution in [2.45, 2.75) is 26.5 Å². The maximum Gasteiger partial charge on any atom is 0.261 e. The Morgan fingerprint density at radius 2 is 1.78 bits per heavy atom. The first-order valence-corrected chi connectivity index (χ1v) is 8.51. The Morgan fingerprint density at radius 3 is 2.41 bits per heavy atom. The van der Waals surface area contributed by atoms with Crippen molar-refractivity contribution >= 4 is 17.7 Å². The van der Waals surface area contributed by atoms with E-state index in [9.17, 15) is 14.4 Å². The van der Waals surface area contributed by atoms with Crippen molar-refractivity contribution in [2.75, 3.05) is 6.54 Å². The van der Waals surface area contributed by atoms with E-state index in [1.165, 1.54) is 0 Å². The molecule has 27 heavy (non-hydrogen) atoms. The van der Waals surface area contributed by atoms with Crippen LogP contribution in [0.2, 0.25) is 0 Å². The van der Waals surface area contributed by atoms with E-state index in [1.54, 1.807) is 37.3 Å². The van der Waals surface area contributed by atoms with Gasteiger partial charge >= 0.3 is 0 Å². The molecular weight excluding hydrogens is 346 g/mol. The minimum Gasteiger partial charge on any atom is -0.481 e. The van der Waals surface area contributed by atoms with Gasteiger partial charge in [-0.1, -0.05) is 24.3 Å². The quantitative estimate of drug-likeness (QED) is 0.651. The summed E-state index contributed by atoms with van der Waals surface area (Å²) in [5, 5.41) is 5.21. The van der Waals surface area contributed by atoms with Gasteiger partial charge in [0.15, 0.2) is 6.10 Å². The summed E-state index contributed by atoms with van der Waals surface area (Å²) in [6.45, 7) is 3.73. The van der Waals surface area contributed by atoms with Crippen molar-refractivity contribution in [3.8, 4) is 5.75 Å². The standard InChI is InChI=1S/C20H23N3O4/c1-13-4-3-5-17(10-13)27-14(2)19(25)22-11-15-6-8-16(9-7-15)20(26)23-12-18(21)24/h3-10,14H,11-12H2,1-2H3,(H2,21,24)(H,22,25)(H,23,26). The van der Waals surface area contributed by atoms with Crippen LogP contribution >= 0.6 is 0 Å². The smallest absolute Gasteiger partial charge is 0.261 e. The number of carbonyl (C=O) groups excluding carboxylic acids is 3. The van der Waals surface area contributed by atoms with Crippen LogP contribution < -0.4 is 21.1 Å². The molecule has 2 rings (SSSR count). The summed E-state index contributed by atoms with van der Waals surface area (Å²) in [4.78, 5) is 34.7. The highest BCUT2D eigenvalue weighted by Gasteiger charge is 2.14. The number of benzene rings is 2. The molecule has 142 valence electrons. The average Bonchev–Trinajstić information content (AvgIpc) is 2.64. The predicted molar refractivity (Wildman–Crippen MR) is 101 cm³/mol. The first kappa shape index (κ1) is 20.0. The molecule has 3 amide bonds. The van der Waals surface area contributed by atoms with Crippen molar-refractivity contribution in [2.24, 2.45) is 5.73 Å². The van der Waals surface area contributed by atoms with Crippen LogP contribution in [0, 0.1) is 6.92 Å². The molecule has 2 aromatic carbocycles. The fourth-order valence-corrected chi connectivity index (χ4v) is 2.32. The highest BCUT2D eigenvalue weighted by Crippen LogP contribution is 2.14. The predicted octanol–water partition coefficient (Wildman–Crippen LogP) is 1.29. The molecule has 1 unspecified atom stereocenters. The lowest BCUT2D eigenvalue weighted by atomic mass is 10.1. The lowest BCUT2D eigenvalue weighted by molar-refractivity contribution is -0.127. The van der Waals surface area contributed by atoms with Crippen LogP contribution in [0.5, 0.6) is 5.75 Å². The van der Waals surface area contributed by atoms with Gasteiger partial charge in [0.05, 0.1) is 6.54 Å². The van der Waals surface area contributed by atoms with Crippen LogP contribution in [0.1, 0.15) is 28.4 Å². The summed E-state index contributed by atoms with van der Waals surface area (Å²) >= 11 is 0. The maximum absolute atomic E-state index is 12.2. The number of aryl methyl sites for hydroxylation is 1. The van der Waals surface area contributed by atoms with E-state index >= 15 is 0 Å². The fourth-order valence-electron chi connectivity index (χ4n) is 2.32. The number of carbonyl (C=O) groups is 3. The second kappa shape index (κ2) is 9.38. The Kier molecular flexibility index (Phi) is 6.93. The minimum absolute atomic E-state index is 0.213. The number of nitrogens with one attached hydrogen (secondary N) is 2. The molecule has 7 heteroatoms. The molecule has 0 aromatic heterocycles. The van der Waals surface area contributed by atoms with Gasteiger partial charge in [-0.2, -0.15) is 0 Å². The van der Waals surface area contributed by atoms with Gasteiger partial charge in [-0.25, -0.2) is 0 Å². The molecule has 0 spiro atoms. The van der Waals surface area contributed by atoms with Gasteiger partial charge in [-0.15, -0.1) is 0 Å². The third-order valence-corrected chi connectivity index (χ3v) is 3.78. The van der Waals surface area contributed by atoms with E-state index in [4.69, 9.17) is 10.5 Å². The Morgan fingerprint density at radius 1 is 1.07 bits per heavy atom. The van der Waals surface area contributed by atoms with Gasteiger partial charge in [0, 0.05) is 12.1 Å². The van der Waals surface area contributed by atoms with E-state index in [2.05, 4.69) is 10.6 Å². The summed E-state index contributed by atoms with van der Waals surface area (Å²) in [5.41, 5.74) is 7.28. The topological polar surface area (TPSA) is 111 Å². The number of nitrogens with two attached hydrogens (primary N) is 1. The van der Waals surface area contributed by atoms with Gasteiger partial charge in [0.2, 0.25) is 5.91 Å². The number of ether oxygens (including phenoxy) is 1. The summed E-state index contributed by atoms with van der Waals surface area (Å²) in [6.07, 6.45) is -0.634. The highest BCUT2D eigenvalue weighted by atomic mass is 16.5. The molecule has 0 saturated carbocycles. The lowest BCUT2D eigenvalue weighted by Crippen LogP contribution is -2.36. The normalized spacial score (nSPS) is 11.3. The third kappa shape index (κ3) is 6.47. The third-order valence-electron chi connectivity index (χ3n) is 3.78. The van der Waals surface area contributed by atoms with E-state index in [1.807, 2.05) is 25.1 Å². The Hall–Kier alpha value is -3.35. The van der Waals surface area contributed by atoms with E-state index in [0.29, 0.717) is 17.9 Å². The van der Waals surface area contributed by atoms with Crippen LogP contribution in [0.4, 0.5) is 0 Å². The number of primary amides is 1. The maximum atomic E-state index is 12.2. The first-order valence-electron chi connectivity index (χ1n) is 8.51. The largest absolute Gasteiger partial charge is 0.481 e. The number of amides is 3. The second-order valence-electron chi connectivity index (χ2n) is 6.14. The van der Waals surface area contributed by atoms with Crippen molar-refractivity contribution in [1.29, 1.82) is 0 Å². The molecule has 0 aliphatic carbocycles. The molecule has 7 nitrogen and oxygen atoms in total. The Bertz CT molecular complexity index is 818. The molecule has 2 aromatic rings. The molecule has 1 atom stereocenters. The van der Waals surface area contributed by atoms with Crippen LogP contribution in [-0.4, -0.2) is 30.4 Å². The molecule has 0 radical (unpaired) electrons. The van der Waals surface area contributed by atoms with Gasteiger partial charge < -0.3 is 21.1 Å². The zero-order valence-corrected chi connectivity index (χ0v) is 15.3. The fraction of sp³-hybridized carbons (Fsp3) is 0.250. The van der Waals surface area contributed by atoms with Crippen molar-refractivity contribution in [1.82, 2.24) is 10.6 Å². The summed E-state index contributed by atoms with van der Waals surface area (Å²) in [7, 11) is 0. The molecule has 0 saturated heterocycles. The minimum atomic E-state index is -0.634. The summed E-state index contributed by atoms with van der Waals surface area (Å²) in [5.74, 6) is -0.585. The van der Waals surface area contributed by atoms with Gasteiger partial charge in [0.25, 0.3) is 11.8 Å². The van der Waals surface area contributed by atoms with Crippen LogP contribution in [-0.2, 0) is 16.1 Å². The Labute approximate surface area is 157 Å². The van der Waals surface area contributed by atoms with E-state index in [0.717, 1.165) is 11.1 Å². The number of hydrogen-bond donors (Lipinski definition) is 3. The van der Waals surface area contributed by atoms with Crippen molar-refractivity contribution in [3.05, 3.63) is 65.2 Å². The van der Waals surface area contributed by atoms with Crippen LogP contribution in [0.3, 0.4) is 0 Å². The summed E-state index contributed by atoms with van der Waals surface area (Å²) in [6, 6.07) is 14.2. The molecule has 0 fully saturated rings. The molecule has 4 N–H and O–H groups in total. The van der Waals surface area contributed by atoms with Crippen LogP contribution in [0.25, 0.3) is 0 Å². The van der Waals surface area contributed by atoms with Gasteiger partial charge in [0.1, 0.15) is 5.75 Å². The molecule has 0 heterocycles. The monoisotopic (exact) mass is 369 g/mol. The SMILES string of the molecule is Cc1cccc(OC(C)C(=O)NCc2ccc(C(=O)NCC(N)=O)cc2)c1. The highest BCUT2D eigenvalue weighted by molar-refractivity contribution is 5.96. The Balaban J connectivity index is 1.83. The number of hydrogen-bond acceptors (Lipinski definition) is 4. The molecule has 0 bridgehead atoms. The lowest BCUT2D eigenvalue weighted by Gasteiger charge is -2.15. The zero-order chi connectivity index (χ0) is 19.8. The summed E-state index contributed by atoms with van der Waals surface area (Å²) < 4.78 is 5.64. The molecule has 0 aliphatic heterocycles. The van der Waals surface area contributed by atoms with Gasteiger partial charge in [-0.05, 0) is 49.2 Å². The van der Waals surface area contributed by atoms with E-state index < -0.39 is 12.0 Å².